The second kappa shape index (κ2) is 10.0. The third kappa shape index (κ3) is 4.98. The summed E-state index contributed by atoms with van der Waals surface area (Å²) in [6.45, 7) is 1.34. The number of rotatable bonds is 6. The average Bonchev–Trinajstić information content (AvgIpc) is 3.31. The van der Waals surface area contributed by atoms with Crippen molar-refractivity contribution < 1.29 is 19.7 Å². The molecule has 178 valence electrons. The quantitative estimate of drug-likeness (QED) is 0.506. The van der Waals surface area contributed by atoms with Crippen molar-refractivity contribution in [2.24, 2.45) is 5.92 Å². The van der Waals surface area contributed by atoms with Crippen molar-refractivity contribution in [1.82, 2.24) is 9.88 Å². The number of amides is 1. The molecule has 8 heteroatoms. The first-order chi connectivity index (χ1) is 16.5. The average molecular weight is 499 g/mol. The highest BCUT2D eigenvalue weighted by molar-refractivity contribution is 7.14. The summed E-state index contributed by atoms with van der Waals surface area (Å²) in [6.07, 6.45) is 4.50. The second-order valence-corrected chi connectivity index (χ2v) is 10.4. The summed E-state index contributed by atoms with van der Waals surface area (Å²) in [5.41, 5.74) is 3.52. The lowest BCUT2D eigenvalue weighted by molar-refractivity contribution is 0.0296. The van der Waals surface area contributed by atoms with Gasteiger partial charge in [0.05, 0.1) is 11.1 Å². The molecule has 0 atom stereocenters. The predicted octanol–water partition coefficient (Wildman–Crippen LogP) is 4.88. The zero-order chi connectivity index (χ0) is 23.7. The molecule has 2 aromatic heterocycles. The first kappa shape index (κ1) is 23.3. The van der Waals surface area contributed by atoms with Crippen molar-refractivity contribution in [1.29, 1.82) is 0 Å². The smallest absolute Gasteiger partial charge is 0.253 e. The fourth-order valence-electron chi connectivity index (χ4n) is 4.47. The lowest BCUT2D eigenvalue weighted by Crippen LogP contribution is -2.40. The number of aliphatic hydroxyl groups is 2. The van der Waals surface area contributed by atoms with Crippen LogP contribution in [0.2, 0.25) is 5.02 Å². The number of pyridine rings is 1. The Morgan fingerprint density at radius 1 is 1.15 bits per heavy atom. The first-order valence-corrected chi connectivity index (χ1v) is 12.9. The fraction of sp³-hybridized carbons (Fsp3) is 0.385. The molecule has 1 saturated carbocycles. The largest absolute Gasteiger partial charge is 0.474 e. The van der Waals surface area contributed by atoms with Gasteiger partial charge >= 0.3 is 0 Å². The van der Waals surface area contributed by atoms with E-state index in [1.165, 1.54) is 0 Å². The number of carbonyl (C=O) groups is 1. The Kier molecular flexibility index (Phi) is 6.88. The van der Waals surface area contributed by atoms with E-state index in [1.807, 2.05) is 24.3 Å². The van der Waals surface area contributed by atoms with Crippen LogP contribution in [-0.4, -0.2) is 57.9 Å². The highest BCUT2D eigenvalue weighted by atomic mass is 35.5. The summed E-state index contributed by atoms with van der Waals surface area (Å²) in [5.74, 6) is 0.887. The third-order valence-corrected chi connectivity index (χ3v) is 7.92. The van der Waals surface area contributed by atoms with Crippen LogP contribution in [0.15, 0.2) is 48.0 Å². The molecule has 1 saturated heterocycles. The van der Waals surface area contributed by atoms with Crippen LogP contribution in [0.25, 0.3) is 21.6 Å². The molecular weight excluding hydrogens is 472 g/mol. The van der Waals surface area contributed by atoms with E-state index in [4.69, 9.17) is 16.3 Å². The van der Waals surface area contributed by atoms with Gasteiger partial charge in [0.2, 0.25) is 5.88 Å². The Hall–Kier alpha value is -2.45. The van der Waals surface area contributed by atoms with Crippen LogP contribution >= 0.6 is 22.9 Å². The molecule has 1 aliphatic carbocycles. The van der Waals surface area contributed by atoms with Crippen LogP contribution in [0.3, 0.4) is 0 Å². The number of likely N-dealkylation sites (tertiary alicyclic amines) is 1. The molecule has 0 radical (unpaired) electrons. The number of hydrogen-bond donors (Lipinski definition) is 2. The van der Waals surface area contributed by atoms with Crippen LogP contribution < -0.4 is 4.74 Å². The highest BCUT2D eigenvalue weighted by Crippen LogP contribution is 2.38. The summed E-state index contributed by atoms with van der Waals surface area (Å²) in [5, 5.41) is 21.5. The summed E-state index contributed by atoms with van der Waals surface area (Å²) < 4.78 is 5.96. The molecule has 3 heterocycles. The van der Waals surface area contributed by atoms with Crippen molar-refractivity contribution in [2.45, 2.75) is 37.9 Å². The molecule has 2 fully saturated rings. The molecule has 1 amide bonds. The van der Waals surface area contributed by atoms with Gasteiger partial charge in [0.25, 0.3) is 5.91 Å². The van der Waals surface area contributed by atoms with Gasteiger partial charge < -0.3 is 19.8 Å². The normalized spacial score (nSPS) is 20.7. The van der Waals surface area contributed by atoms with Crippen molar-refractivity contribution in [3.63, 3.8) is 0 Å². The number of benzene rings is 1. The maximum Gasteiger partial charge on any atom is 0.253 e. The van der Waals surface area contributed by atoms with E-state index in [1.54, 1.807) is 28.5 Å². The van der Waals surface area contributed by atoms with Crippen LogP contribution in [0.1, 0.15) is 36.0 Å². The van der Waals surface area contributed by atoms with Gasteiger partial charge in [0.15, 0.2) is 0 Å². The van der Waals surface area contributed by atoms with E-state index in [0.29, 0.717) is 48.3 Å². The second-order valence-electron chi connectivity index (χ2n) is 9.06. The topological polar surface area (TPSA) is 82.9 Å². The third-order valence-electron chi connectivity index (χ3n) is 6.64. The van der Waals surface area contributed by atoms with E-state index in [9.17, 15) is 15.0 Å². The minimum Gasteiger partial charge on any atom is -0.474 e. The van der Waals surface area contributed by atoms with E-state index in [-0.39, 0.29) is 24.7 Å². The molecule has 6 nitrogen and oxygen atoms in total. The number of thiophene rings is 1. The molecular formula is C26H27ClN2O4S. The van der Waals surface area contributed by atoms with Crippen LogP contribution in [-0.2, 0) is 0 Å². The van der Waals surface area contributed by atoms with Gasteiger partial charge in [-0.25, -0.2) is 4.98 Å². The summed E-state index contributed by atoms with van der Waals surface area (Å²) in [4.78, 5) is 19.9. The Balaban J connectivity index is 1.29. The molecule has 34 heavy (non-hydrogen) atoms. The van der Waals surface area contributed by atoms with Gasteiger partial charge in [-0.2, -0.15) is 0 Å². The number of piperidine rings is 1. The lowest BCUT2D eigenvalue weighted by Gasteiger charge is -2.33. The number of aromatic nitrogens is 1. The molecule has 0 bridgehead atoms. The molecule has 1 aromatic carbocycles. The van der Waals surface area contributed by atoms with Crippen molar-refractivity contribution in [3.05, 3.63) is 58.6 Å². The van der Waals surface area contributed by atoms with Crippen molar-refractivity contribution in [2.75, 3.05) is 19.7 Å². The van der Waals surface area contributed by atoms with Gasteiger partial charge in [-0.05, 0) is 72.4 Å². The Morgan fingerprint density at radius 2 is 1.94 bits per heavy atom. The Morgan fingerprint density at radius 3 is 2.68 bits per heavy atom. The molecule has 2 aliphatic rings. The number of nitrogens with zero attached hydrogens (tertiary/aromatic N) is 2. The maximum atomic E-state index is 12.8. The summed E-state index contributed by atoms with van der Waals surface area (Å²) in [6, 6.07) is 11.4. The lowest BCUT2D eigenvalue weighted by atomic mass is 9.83. The molecule has 0 unspecified atom stereocenters. The van der Waals surface area contributed by atoms with E-state index in [0.717, 1.165) is 34.4 Å². The number of halogens is 1. The van der Waals surface area contributed by atoms with Gasteiger partial charge in [-0.15, -0.1) is 11.3 Å². The molecule has 2 N–H and O–H groups in total. The molecule has 0 spiro atoms. The standard InChI is InChI=1S/C26H27ClN2O4S/c27-23-11-18(26(32)29-7-4-20(31)5-8-29)1-2-22(23)24-12-19(15-34-24)17-3-6-28-25(13-17)33-21-9-16(10-21)14-30/h1-3,6,11-13,15-16,20-21,30-31H,4-5,7-10,14H2. The van der Waals surface area contributed by atoms with Crippen LogP contribution in [0.4, 0.5) is 0 Å². The Labute approximate surface area is 207 Å². The van der Waals surface area contributed by atoms with Gasteiger partial charge in [-0.3, -0.25) is 4.79 Å². The SMILES string of the molecule is O=C(c1ccc(-c2cc(-c3ccnc(OC4CC(CO)C4)c3)cs2)c(Cl)c1)N1CCC(O)CC1. The Bertz CT molecular complexity index is 1170. The molecule has 1 aliphatic heterocycles. The fourth-order valence-corrected chi connectivity index (χ4v) is 5.77. The number of carbonyl (C=O) groups excluding carboxylic acids is 1. The number of hydrogen-bond acceptors (Lipinski definition) is 6. The first-order valence-electron chi connectivity index (χ1n) is 11.6. The van der Waals surface area contributed by atoms with Gasteiger partial charge in [0, 0.05) is 48.0 Å². The van der Waals surface area contributed by atoms with E-state index < -0.39 is 0 Å². The van der Waals surface area contributed by atoms with Gasteiger partial charge in [-0.1, -0.05) is 17.7 Å². The predicted molar refractivity (Wildman–Crippen MR) is 133 cm³/mol. The van der Waals surface area contributed by atoms with E-state index in [2.05, 4.69) is 16.4 Å². The number of ether oxygens (including phenoxy) is 1. The zero-order valence-corrected chi connectivity index (χ0v) is 20.3. The monoisotopic (exact) mass is 498 g/mol. The minimum atomic E-state index is -0.317. The van der Waals surface area contributed by atoms with Crippen molar-refractivity contribution in [3.8, 4) is 27.4 Å². The van der Waals surface area contributed by atoms with Crippen LogP contribution in [0, 0.1) is 5.92 Å². The van der Waals surface area contributed by atoms with Crippen LogP contribution in [0.5, 0.6) is 5.88 Å². The molecule has 5 rings (SSSR count). The summed E-state index contributed by atoms with van der Waals surface area (Å²) >= 11 is 8.20. The summed E-state index contributed by atoms with van der Waals surface area (Å²) in [7, 11) is 0. The van der Waals surface area contributed by atoms with Gasteiger partial charge in [0.1, 0.15) is 6.10 Å². The van der Waals surface area contributed by atoms with Crippen molar-refractivity contribution >= 4 is 28.8 Å². The zero-order valence-electron chi connectivity index (χ0n) is 18.7. The maximum absolute atomic E-state index is 12.8. The highest BCUT2D eigenvalue weighted by Gasteiger charge is 2.30. The molecule has 3 aromatic rings. The van der Waals surface area contributed by atoms with E-state index >= 15 is 0 Å². The number of aliphatic hydroxyl groups excluding tert-OH is 2. The minimum absolute atomic E-state index is 0.0479.